The van der Waals surface area contributed by atoms with Gasteiger partial charge in [0.05, 0.1) is 4.88 Å². The van der Waals surface area contributed by atoms with Crippen molar-refractivity contribution in [2.24, 2.45) is 5.92 Å². The molecule has 47 heavy (non-hydrogen) atoms. The molecule has 1 aliphatic rings. The Morgan fingerprint density at radius 1 is 0.872 bits per heavy atom. The Balaban J connectivity index is 1.23. The van der Waals surface area contributed by atoms with E-state index in [1.165, 1.54) is 49.0 Å². The minimum Gasteiger partial charge on any atom is -0.480 e. The molecule has 0 bridgehead atoms. The first kappa shape index (κ1) is 34.0. The summed E-state index contributed by atoms with van der Waals surface area (Å²) >= 11 is 1.38. The summed E-state index contributed by atoms with van der Waals surface area (Å²) in [5.41, 5.74) is 4.98. The molecular weight excluding hydrogens is 609 g/mol. The van der Waals surface area contributed by atoms with Crippen LogP contribution in [0.3, 0.4) is 0 Å². The van der Waals surface area contributed by atoms with Crippen molar-refractivity contribution in [3.63, 3.8) is 0 Å². The third-order valence-electron chi connectivity index (χ3n) is 9.05. The number of hydrogen-bond donors (Lipinski definition) is 3. The van der Waals surface area contributed by atoms with E-state index in [0.717, 1.165) is 33.0 Å². The number of rotatable bonds is 11. The summed E-state index contributed by atoms with van der Waals surface area (Å²) in [4.78, 5) is 47.9. The molecule has 9 heteroatoms. The molecule has 246 valence electrons. The average molecular weight is 653 g/mol. The highest BCUT2D eigenvalue weighted by Crippen LogP contribution is 2.37. The second-order valence-corrected chi connectivity index (χ2v) is 14.6. The normalized spacial score (nSPS) is 17.1. The maximum absolute atomic E-state index is 13.1. The van der Waals surface area contributed by atoms with Gasteiger partial charge in [0.2, 0.25) is 5.91 Å². The summed E-state index contributed by atoms with van der Waals surface area (Å²) < 4.78 is 0. The molecule has 1 aliphatic carbocycles. The van der Waals surface area contributed by atoms with Crippen LogP contribution in [0.15, 0.2) is 73.1 Å². The lowest BCUT2D eigenvalue weighted by molar-refractivity contribution is -0.138. The third kappa shape index (κ3) is 8.92. The van der Waals surface area contributed by atoms with Gasteiger partial charge < -0.3 is 15.7 Å². The van der Waals surface area contributed by atoms with E-state index in [1.807, 2.05) is 42.7 Å². The lowest BCUT2D eigenvalue weighted by Crippen LogP contribution is -2.49. The molecule has 0 radical (unpaired) electrons. The minimum atomic E-state index is -1.16. The zero-order valence-electron chi connectivity index (χ0n) is 27.6. The molecule has 3 N–H and O–H groups in total. The number of carbonyl (C=O) groups is 3. The number of nitrogens with one attached hydrogen (secondary N) is 2. The van der Waals surface area contributed by atoms with Crippen molar-refractivity contribution in [2.75, 3.05) is 6.54 Å². The van der Waals surface area contributed by atoms with Gasteiger partial charge in [0.1, 0.15) is 12.6 Å². The monoisotopic (exact) mass is 652 g/mol. The number of thiophene rings is 1. The molecule has 1 atom stereocenters. The molecule has 2 heterocycles. The number of carboxylic acids is 1. The predicted octanol–water partition coefficient (Wildman–Crippen LogP) is 7.40. The Morgan fingerprint density at radius 3 is 2.09 bits per heavy atom. The van der Waals surface area contributed by atoms with Crippen LogP contribution in [0.25, 0.3) is 22.5 Å². The Hall–Kier alpha value is -4.37. The van der Waals surface area contributed by atoms with Crippen LogP contribution in [-0.2, 0) is 21.4 Å². The van der Waals surface area contributed by atoms with E-state index in [2.05, 4.69) is 72.6 Å². The summed E-state index contributed by atoms with van der Waals surface area (Å²) in [6, 6.07) is 19.0. The second-order valence-electron chi connectivity index (χ2n) is 13.5. The van der Waals surface area contributed by atoms with Gasteiger partial charge in [-0.1, -0.05) is 82.6 Å². The molecule has 0 unspecified atom stereocenters. The number of benzene rings is 2. The Kier molecular flexibility index (Phi) is 10.9. The first-order chi connectivity index (χ1) is 22.5. The van der Waals surface area contributed by atoms with Gasteiger partial charge in [-0.15, -0.1) is 11.3 Å². The lowest BCUT2D eigenvalue weighted by atomic mass is 9.78. The van der Waals surface area contributed by atoms with Gasteiger partial charge in [0.25, 0.3) is 5.91 Å². The smallest absolute Gasteiger partial charge is 0.322 e. The predicted molar refractivity (Wildman–Crippen MR) is 187 cm³/mol. The fraction of sp³-hybridized carbons (Fsp3) is 0.395. The van der Waals surface area contributed by atoms with Crippen molar-refractivity contribution in [2.45, 2.75) is 83.6 Å². The van der Waals surface area contributed by atoms with Gasteiger partial charge >= 0.3 is 5.97 Å². The van der Waals surface area contributed by atoms with E-state index in [9.17, 15) is 14.4 Å². The van der Waals surface area contributed by atoms with Crippen LogP contribution in [0.4, 0.5) is 0 Å². The standard InChI is InChI=1S/C38H44N4O4S/c1-5-24-6-10-26(11-7-24)27-14-16-28(17-15-27)30-21-39-35(40-22-30)29-12-8-25(9-13-29)20-31(36(45)41-23-34(43)44)42-37(46)32-18-19-33(47-32)38(2,3)4/h8-9,12-19,21-22,24,26,31H,5-7,10-11,20,23H2,1-4H3,(H,41,45)(H,42,46)(H,43,44)/t24-,26-,31-/m0/s1. The van der Waals surface area contributed by atoms with Gasteiger partial charge in [-0.25, -0.2) is 9.97 Å². The first-order valence-corrected chi connectivity index (χ1v) is 17.2. The van der Waals surface area contributed by atoms with Gasteiger partial charge in [-0.3, -0.25) is 14.4 Å². The van der Waals surface area contributed by atoms with Gasteiger partial charge in [0, 0.05) is 34.8 Å². The molecule has 0 saturated heterocycles. The molecule has 2 amide bonds. The minimum absolute atomic E-state index is 0.105. The van der Waals surface area contributed by atoms with Gasteiger partial charge in [-0.2, -0.15) is 0 Å². The Labute approximate surface area is 281 Å². The zero-order chi connectivity index (χ0) is 33.6. The van der Waals surface area contributed by atoms with Crippen LogP contribution in [0.2, 0.25) is 0 Å². The average Bonchev–Trinajstić information content (AvgIpc) is 3.59. The molecule has 2 aromatic carbocycles. The highest BCUT2D eigenvalue weighted by Gasteiger charge is 2.25. The van der Waals surface area contributed by atoms with E-state index in [4.69, 9.17) is 5.11 Å². The molecular formula is C38H44N4O4S. The molecule has 0 spiro atoms. The van der Waals surface area contributed by atoms with Crippen LogP contribution in [0.5, 0.6) is 0 Å². The summed E-state index contributed by atoms with van der Waals surface area (Å²) in [6.07, 6.45) is 10.3. The van der Waals surface area contributed by atoms with Crippen LogP contribution < -0.4 is 10.6 Å². The topological polar surface area (TPSA) is 121 Å². The number of carbonyl (C=O) groups excluding carboxylic acids is 2. The summed E-state index contributed by atoms with van der Waals surface area (Å²) in [5.74, 6) is 0.0297. The SMILES string of the molecule is CC[C@H]1CC[C@H](c2ccc(-c3cnc(-c4ccc(C[C@H](NC(=O)c5ccc(C(C)(C)C)s5)C(=O)NCC(=O)O)cc4)nc3)cc2)CC1. The quantitative estimate of drug-likeness (QED) is 0.155. The number of aliphatic carboxylic acids is 1. The fourth-order valence-corrected chi connectivity index (χ4v) is 7.06. The summed E-state index contributed by atoms with van der Waals surface area (Å²) in [5, 5.41) is 14.3. The van der Waals surface area contributed by atoms with Gasteiger partial charge in [-0.05, 0) is 71.8 Å². The van der Waals surface area contributed by atoms with Crippen molar-refractivity contribution in [1.82, 2.24) is 20.6 Å². The second kappa shape index (κ2) is 15.0. The highest BCUT2D eigenvalue weighted by molar-refractivity contribution is 7.14. The van der Waals surface area contributed by atoms with Crippen LogP contribution >= 0.6 is 11.3 Å². The first-order valence-electron chi connectivity index (χ1n) is 16.4. The van der Waals surface area contributed by atoms with Crippen LogP contribution in [0, 0.1) is 5.92 Å². The molecule has 1 saturated carbocycles. The third-order valence-corrected chi connectivity index (χ3v) is 10.6. The van der Waals surface area contributed by atoms with E-state index in [1.54, 1.807) is 6.07 Å². The molecule has 5 rings (SSSR count). The van der Waals surface area contributed by atoms with Crippen molar-refractivity contribution < 1.29 is 19.5 Å². The largest absolute Gasteiger partial charge is 0.480 e. The van der Waals surface area contributed by atoms with Crippen molar-refractivity contribution >= 4 is 29.1 Å². The summed E-state index contributed by atoms with van der Waals surface area (Å²) in [7, 11) is 0. The maximum Gasteiger partial charge on any atom is 0.322 e. The Bertz CT molecular complexity index is 1670. The number of amides is 2. The number of hydrogen-bond acceptors (Lipinski definition) is 6. The maximum atomic E-state index is 13.1. The van der Waals surface area contributed by atoms with E-state index in [-0.39, 0.29) is 17.7 Å². The fourth-order valence-electron chi connectivity index (χ4n) is 6.09. The van der Waals surface area contributed by atoms with Crippen molar-refractivity contribution in [1.29, 1.82) is 0 Å². The molecule has 0 aliphatic heterocycles. The molecule has 2 aromatic heterocycles. The highest BCUT2D eigenvalue weighted by atomic mass is 32.1. The van der Waals surface area contributed by atoms with Crippen LogP contribution in [-0.4, -0.2) is 45.4 Å². The van der Waals surface area contributed by atoms with Crippen LogP contribution in [0.1, 0.15) is 91.4 Å². The van der Waals surface area contributed by atoms with Gasteiger partial charge in [0.15, 0.2) is 5.82 Å². The van der Waals surface area contributed by atoms with Crippen molar-refractivity contribution in [3.05, 3.63) is 93.9 Å². The lowest BCUT2D eigenvalue weighted by Gasteiger charge is -2.28. The molecule has 4 aromatic rings. The number of nitrogens with zero attached hydrogens (tertiary/aromatic N) is 2. The molecule has 1 fully saturated rings. The zero-order valence-corrected chi connectivity index (χ0v) is 28.4. The van der Waals surface area contributed by atoms with E-state index >= 15 is 0 Å². The van der Waals surface area contributed by atoms with Crippen molar-refractivity contribution in [3.8, 4) is 22.5 Å². The van der Waals surface area contributed by atoms with E-state index in [0.29, 0.717) is 16.6 Å². The number of aromatic nitrogens is 2. The number of carboxylic acid groups (broad SMARTS) is 1. The molecule has 8 nitrogen and oxygen atoms in total. The summed E-state index contributed by atoms with van der Waals surface area (Å²) in [6.45, 7) is 7.98. The van der Waals surface area contributed by atoms with E-state index < -0.39 is 24.5 Å². The Morgan fingerprint density at radius 2 is 1.51 bits per heavy atom.